The third-order valence-electron chi connectivity index (χ3n) is 3.74. The van der Waals surface area contributed by atoms with E-state index in [4.69, 9.17) is 4.74 Å². The summed E-state index contributed by atoms with van der Waals surface area (Å²) in [7, 11) is 0. The topological polar surface area (TPSA) is 24.5 Å². The van der Waals surface area contributed by atoms with Gasteiger partial charge in [-0.1, -0.05) is 19.9 Å². The van der Waals surface area contributed by atoms with E-state index in [-0.39, 0.29) is 0 Å². The predicted octanol–water partition coefficient (Wildman–Crippen LogP) is 3.69. The maximum absolute atomic E-state index is 5.84. The zero-order chi connectivity index (χ0) is 14.8. The van der Waals surface area contributed by atoms with Gasteiger partial charge in [-0.3, -0.25) is 0 Å². The molecule has 0 atom stereocenters. The van der Waals surface area contributed by atoms with Crippen molar-refractivity contribution in [2.75, 3.05) is 31.1 Å². The Morgan fingerprint density at radius 2 is 1.80 bits per heavy atom. The molecule has 1 rings (SSSR count). The quantitative estimate of drug-likeness (QED) is 0.661. The minimum Gasteiger partial charge on any atom is -0.492 e. The first kappa shape index (κ1) is 16.8. The Kier molecular flexibility index (Phi) is 8.12. The van der Waals surface area contributed by atoms with Gasteiger partial charge >= 0.3 is 0 Å². The molecule has 114 valence electrons. The van der Waals surface area contributed by atoms with E-state index in [1.165, 1.54) is 18.5 Å². The lowest BCUT2D eigenvalue weighted by Crippen LogP contribution is -2.31. The van der Waals surface area contributed by atoms with Crippen molar-refractivity contribution >= 4 is 5.69 Å². The first-order chi connectivity index (χ1) is 9.74. The number of hydrogen-bond acceptors (Lipinski definition) is 3. The largest absolute Gasteiger partial charge is 0.492 e. The van der Waals surface area contributed by atoms with E-state index in [0.717, 1.165) is 32.0 Å². The molecule has 1 aromatic carbocycles. The number of benzene rings is 1. The molecule has 0 bridgehead atoms. The summed E-state index contributed by atoms with van der Waals surface area (Å²) in [6, 6.07) is 8.98. The van der Waals surface area contributed by atoms with Gasteiger partial charge in [0.25, 0.3) is 0 Å². The van der Waals surface area contributed by atoms with Crippen LogP contribution in [0.4, 0.5) is 5.69 Å². The van der Waals surface area contributed by atoms with Gasteiger partial charge < -0.3 is 15.0 Å². The Morgan fingerprint density at radius 3 is 2.40 bits per heavy atom. The Hall–Kier alpha value is -1.22. The van der Waals surface area contributed by atoms with Gasteiger partial charge in [0.15, 0.2) is 0 Å². The number of rotatable bonds is 10. The van der Waals surface area contributed by atoms with E-state index in [1.54, 1.807) is 0 Å². The van der Waals surface area contributed by atoms with Gasteiger partial charge in [0.05, 0.1) is 0 Å². The highest BCUT2D eigenvalue weighted by Gasteiger charge is 2.04. The Balaban J connectivity index is 2.42. The molecule has 0 fully saturated rings. The lowest BCUT2D eigenvalue weighted by atomic mass is 10.2. The molecule has 0 amide bonds. The van der Waals surface area contributed by atoms with Gasteiger partial charge in [-0.05, 0) is 38.8 Å². The molecule has 0 aliphatic rings. The van der Waals surface area contributed by atoms with E-state index in [1.807, 2.05) is 6.07 Å². The minimum atomic E-state index is 0.612. The Labute approximate surface area is 124 Å². The lowest BCUT2D eigenvalue weighted by Gasteiger charge is -2.21. The molecular weight excluding hydrogens is 248 g/mol. The van der Waals surface area contributed by atoms with Crippen LogP contribution in [0.5, 0.6) is 5.75 Å². The van der Waals surface area contributed by atoms with Crippen molar-refractivity contribution in [3.63, 3.8) is 0 Å². The highest BCUT2D eigenvalue weighted by Crippen LogP contribution is 2.20. The molecule has 0 heterocycles. The SMILES string of the molecule is CCC(CC)NCCOc1cccc(N(CC)CC)c1. The maximum atomic E-state index is 5.84. The van der Waals surface area contributed by atoms with E-state index in [2.05, 4.69) is 56.1 Å². The zero-order valence-corrected chi connectivity index (χ0v) is 13.5. The molecule has 0 aliphatic carbocycles. The Bertz CT molecular complexity index is 360. The highest BCUT2D eigenvalue weighted by molar-refractivity contribution is 5.50. The first-order valence-corrected chi connectivity index (χ1v) is 7.96. The van der Waals surface area contributed by atoms with Crippen LogP contribution in [-0.2, 0) is 0 Å². The third kappa shape index (κ3) is 5.41. The van der Waals surface area contributed by atoms with Crippen LogP contribution < -0.4 is 15.0 Å². The van der Waals surface area contributed by atoms with Crippen molar-refractivity contribution in [1.29, 1.82) is 0 Å². The van der Waals surface area contributed by atoms with Gasteiger partial charge in [-0.2, -0.15) is 0 Å². The lowest BCUT2D eigenvalue weighted by molar-refractivity contribution is 0.302. The molecule has 20 heavy (non-hydrogen) atoms. The minimum absolute atomic E-state index is 0.612. The van der Waals surface area contributed by atoms with Crippen LogP contribution in [-0.4, -0.2) is 32.3 Å². The smallest absolute Gasteiger partial charge is 0.121 e. The molecule has 0 aromatic heterocycles. The van der Waals surface area contributed by atoms with Gasteiger partial charge in [-0.25, -0.2) is 0 Å². The monoisotopic (exact) mass is 278 g/mol. The van der Waals surface area contributed by atoms with E-state index in [0.29, 0.717) is 6.04 Å². The van der Waals surface area contributed by atoms with Crippen LogP contribution in [0, 0.1) is 0 Å². The normalized spacial score (nSPS) is 10.8. The van der Waals surface area contributed by atoms with Crippen molar-refractivity contribution in [2.24, 2.45) is 0 Å². The van der Waals surface area contributed by atoms with E-state index < -0.39 is 0 Å². The fourth-order valence-corrected chi connectivity index (χ4v) is 2.37. The molecular formula is C17H30N2O. The van der Waals surface area contributed by atoms with Crippen LogP contribution in [0.15, 0.2) is 24.3 Å². The summed E-state index contributed by atoms with van der Waals surface area (Å²) in [5.41, 5.74) is 1.24. The molecule has 3 heteroatoms. The van der Waals surface area contributed by atoms with Crippen molar-refractivity contribution in [3.8, 4) is 5.75 Å². The van der Waals surface area contributed by atoms with Crippen molar-refractivity contribution in [2.45, 2.75) is 46.6 Å². The van der Waals surface area contributed by atoms with Gasteiger partial charge in [0.2, 0.25) is 0 Å². The second kappa shape index (κ2) is 9.65. The number of nitrogens with zero attached hydrogens (tertiary/aromatic N) is 1. The first-order valence-electron chi connectivity index (χ1n) is 7.96. The summed E-state index contributed by atoms with van der Waals surface area (Å²) in [6.07, 6.45) is 2.35. The van der Waals surface area contributed by atoms with Crippen LogP contribution in [0.25, 0.3) is 0 Å². The molecule has 0 radical (unpaired) electrons. The third-order valence-corrected chi connectivity index (χ3v) is 3.74. The summed E-state index contributed by atoms with van der Waals surface area (Å²) in [5.74, 6) is 0.959. The highest BCUT2D eigenvalue weighted by atomic mass is 16.5. The fraction of sp³-hybridized carbons (Fsp3) is 0.647. The molecule has 1 N–H and O–H groups in total. The number of anilines is 1. The van der Waals surface area contributed by atoms with Gasteiger partial charge in [0, 0.05) is 37.4 Å². The average Bonchev–Trinajstić information content (AvgIpc) is 2.49. The summed E-state index contributed by atoms with van der Waals surface area (Å²) < 4.78 is 5.84. The number of hydrogen-bond donors (Lipinski definition) is 1. The molecule has 0 saturated heterocycles. The summed E-state index contributed by atoms with van der Waals surface area (Å²) in [5, 5.41) is 3.51. The maximum Gasteiger partial charge on any atom is 0.121 e. The van der Waals surface area contributed by atoms with Crippen molar-refractivity contribution in [1.82, 2.24) is 5.32 Å². The molecule has 0 aliphatic heterocycles. The van der Waals surface area contributed by atoms with Crippen molar-refractivity contribution in [3.05, 3.63) is 24.3 Å². The number of ether oxygens (including phenoxy) is 1. The van der Waals surface area contributed by atoms with Crippen LogP contribution >= 0.6 is 0 Å². The molecule has 1 aromatic rings. The van der Waals surface area contributed by atoms with Crippen LogP contribution in [0.3, 0.4) is 0 Å². The van der Waals surface area contributed by atoms with Crippen LogP contribution in [0.2, 0.25) is 0 Å². The standard InChI is InChI=1S/C17H30N2O/c1-5-15(6-2)18-12-13-20-17-11-9-10-16(14-17)19(7-3)8-4/h9-11,14-15,18H,5-8,12-13H2,1-4H3. The second-order valence-electron chi connectivity index (χ2n) is 4.99. The van der Waals surface area contributed by atoms with Crippen LogP contribution in [0.1, 0.15) is 40.5 Å². The van der Waals surface area contributed by atoms with E-state index in [9.17, 15) is 0 Å². The van der Waals surface area contributed by atoms with Gasteiger partial charge in [0.1, 0.15) is 12.4 Å². The molecule has 3 nitrogen and oxygen atoms in total. The zero-order valence-electron chi connectivity index (χ0n) is 13.5. The molecule has 0 unspecified atom stereocenters. The predicted molar refractivity (Wildman–Crippen MR) is 87.9 cm³/mol. The summed E-state index contributed by atoms with van der Waals surface area (Å²) in [6.45, 7) is 12.5. The second-order valence-corrected chi connectivity index (χ2v) is 4.99. The Morgan fingerprint density at radius 1 is 1.10 bits per heavy atom. The van der Waals surface area contributed by atoms with E-state index >= 15 is 0 Å². The molecule has 0 saturated carbocycles. The number of nitrogens with one attached hydrogen (secondary N) is 1. The van der Waals surface area contributed by atoms with Gasteiger partial charge in [-0.15, -0.1) is 0 Å². The average molecular weight is 278 g/mol. The summed E-state index contributed by atoms with van der Waals surface area (Å²) in [4.78, 5) is 2.33. The van der Waals surface area contributed by atoms with Crippen molar-refractivity contribution < 1.29 is 4.74 Å². The summed E-state index contributed by atoms with van der Waals surface area (Å²) >= 11 is 0. The molecule has 0 spiro atoms. The fourth-order valence-electron chi connectivity index (χ4n) is 2.37.